The van der Waals surface area contributed by atoms with E-state index < -0.39 is 0 Å². The topological polar surface area (TPSA) is 20.5 Å². The maximum Gasteiger partial charge on any atom is 0.0775 e. The van der Waals surface area contributed by atoms with E-state index in [9.17, 15) is 0 Å². The lowest BCUT2D eigenvalue weighted by molar-refractivity contribution is 0.738. The zero-order valence-corrected chi connectivity index (χ0v) is 26.4. The quantitative estimate of drug-likeness (QED) is 0.192. The molecule has 0 bridgehead atoms. The summed E-state index contributed by atoms with van der Waals surface area (Å²) in [6.07, 6.45) is 0. The van der Waals surface area contributed by atoms with Gasteiger partial charge in [0.15, 0.2) is 0 Å². The van der Waals surface area contributed by atoms with Crippen LogP contribution in [0.1, 0.15) is 25.0 Å². The number of nitrogens with zero attached hydrogens (tertiary/aromatic N) is 3. The normalized spacial score (nSPS) is 13.6. The van der Waals surface area contributed by atoms with Crippen molar-refractivity contribution >= 4 is 61.0 Å². The molecule has 8 aromatic rings. The number of hydrogen-bond acceptors (Lipinski definition) is 2. The van der Waals surface area contributed by atoms with E-state index >= 15 is 0 Å². The van der Waals surface area contributed by atoms with Crippen molar-refractivity contribution in [2.24, 2.45) is 4.99 Å². The highest BCUT2D eigenvalue weighted by Crippen LogP contribution is 2.49. The lowest BCUT2D eigenvalue weighted by Crippen LogP contribution is -2.26. The molecule has 1 aliphatic heterocycles. The van der Waals surface area contributed by atoms with E-state index in [-0.39, 0.29) is 5.41 Å². The Bertz CT molecular complexity index is 2470. The van der Waals surface area contributed by atoms with E-state index in [1.54, 1.807) is 0 Å². The lowest BCUT2D eigenvalue weighted by Gasteiger charge is -2.26. The third kappa shape index (κ3) is 4.31. The van der Waals surface area contributed by atoms with Gasteiger partial charge in [0.05, 0.1) is 22.4 Å². The number of benzene rings is 7. The van der Waals surface area contributed by atoms with Crippen LogP contribution in [-0.4, -0.2) is 10.3 Å². The van der Waals surface area contributed by atoms with E-state index in [1.807, 2.05) is 0 Å². The van der Waals surface area contributed by atoms with E-state index in [1.165, 1.54) is 43.7 Å². The average molecular weight is 604 g/mol. The van der Waals surface area contributed by atoms with E-state index in [4.69, 9.17) is 4.99 Å². The molecule has 2 heterocycles. The summed E-state index contributed by atoms with van der Waals surface area (Å²) in [4.78, 5) is 7.71. The molecule has 0 aliphatic carbocycles. The number of fused-ring (bicyclic) bond motifs is 6. The molecule has 9 rings (SSSR count). The summed E-state index contributed by atoms with van der Waals surface area (Å²) in [5.74, 6) is 0. The van der Waals surface area contributed by atoms with Crippen LogP contribution < -0.4 is 4.90 Å². The number of para-hydroxylation sites is 2. The van der Waals surface area contributed by atoms with Gasteiger partial charge in [0, 0.05) is 38.9 Å². The van der Waals surface area contributed by atoms with Crippen LogP contribution in [0.5, 0.6) is 0 Å². The summed E-state index contributed by atoms with van der Waals surface area (Å²) in [6, 6.07) is 58.7. The molecule has 3 heteroatoms. The highest BCUT2D eigenvalue weighted by Gasteiger charge is 2.37. The second-order valence-electron chi connectivity index (χ2n) is 12.9. The molecule has 0 fully saturated rings. The highest BCUT2D eigenvalue weighted by molar-refractivity contribution is 6.21. The predicted octanol–water partition coefficient (Wildman–Crippen LogP) is 11.8. The number of hydrogen-bond donors (Lipinski definition) is 0. The maximum absolute atomic E-state index is 5.38. The van der Waals surface area contributed by atoms with E-state index in [2.05, 4.69) is 187 Å². The second kappa shape index (κ2) is 10.6. The van der Waals surface area contributed by atoms with Gasteiger partial charge in [-0.25, -0.2) is 0 Å². The molecule has 0 atom stereocenters. The van der Waals surface area contributed by atoms with Gasteiger partial charge in [0.1, 0.15) is 0 Å². The van der Waals surface area contributed by atoms with Gasteiger partial charge in [-0.15, -0.1) is 0 Å². The molecule has 1 aliphatic rings. The molecule has 0 saturated heterocycles. The van der Waals surface area contributed by atoms with Crippen LogP contribution in [0.2, 0.25) is 0 Å². The molecule has 0 unspecified atom stereocenters. The Morgan fingerprint density at radius 2 is 1.17 bits per heavy atom. The molecule has 7 aromatic carbocycles. The minimum Gasteiger partial charge on any atom is -0.310 e. The van der Waals surface area contributed by atoms with Crippen LogP contribution in [0.3, 0.4) is 0 Å². The SMILES string of the molecule is CC1(C)C(c2ccccc2)=Nc2c1ccc1c2c2ccccc2n1-c1ccc(N(c2ccccc2)c2ccc3ccccc3c2)cc1. The van der Waals surface area contributed by atoms with Crippen LogP contribution in [0.25, 0.3) is 38.3 Å². The first kappa shape index (κ1) is 27.4. The second-order valence-corrected chi connectivity index (χ2v) is 12.9. The Morgan fingerprint density at radius 3 is 1.96 bits per heavy atom. The van der Waals surface area contributed by atoms with Gasteiger partial charge in [0.25, 0.3) is 0 Å². The molecule has 0 radical (unpaired) electrons. The summed E-state index contributed by atoms with van der Waals surface area (Å²) >= 11 is 0. The van der Waals surface area contributed by atoms with E-state index in [0.717, 1.165) is 34.1 Å². The van der Waals surface area contributed by atoms with Gasteiger partial charge in [0.2, 0.25) is 0 Å². The smallest absolute Gasteiger partial charge is 0.0775 e. The molecule has 1 aromatic heterocycles. The Kier molecular flexibility index (Phi) is 6.16. The van der Waals surface area contributed by atoms with Gasteiger partial charge < -0.3 is 9.47 Å². The lowest BCUT2D eigenvalue weighted by atomic mass is 9.78. The van der Waals surface area contributed by atoms with Gasteiger partial charge in [-0.05, 0) is 82.6 Å². The molecule has 224 valence electrons. The molecular formula is C44H33N3. The van der Waals surface area contributed by atoms with Crippen LogP contribution in [0.4, 0.5) is 22.7 Å². The fourth-order valence-electron chi connectivity index (χ4n) is 7.43. The Hall–Kier alpha value is -5.93. The first-order chi connectivity index (χ1) is 23.1. The summed E-state index contributed by atoms with van der Waals surface area (Å²) < 4.78 is 2.39. The number of anilines is 3. The zero-order valence-electron chi connectivity index (χ0n) is 26.4. The first-order valence-electron chi connectivity index (χ1n) is 16.2. The van der Waals surface area contributed by atoms with Crippen molar-refractivity contribution in [1.29, 1.82) is 0 Å². The van der Waals surface area contributed by atoms with Gasteiger partial charge >= 0.3 is 0 Å². The molecule has 3 nitrogen and oxygen atoms in total. The minimum absolute atomic E-state index is 0.195. The van der Waals surface area contributed by atoms with Crippen molar-refractivity contribution in [3.63, 3.8) is 0 Å². The predicted molar refractivity (Wildman–Crippen MR) is 199 cm³/mol. The average Bonchev–Trinajstić information content (AvgIpc) is 3.60. The largest absolute Gasteiger partial charge is 0.310 e. The zero-order chi connectivity index (χ0) is 31.5. The third-order valence-corrected chi connectivity index (χ3v) is 9.72. The summed E-state index contributed by atoms with van der Waals surface area (Å²) in [6.45, 7) is 4.59. The van der Waals surface area contributed by atoms with Crippen LogP contribution >= 0.6 is 0 Å². The third-order valence-electron chi connectivity index (χ3n) is 9.72. The molecule has 47 heavy (non-hydrogen) atoms. The molecule has 0 spiro atoms. The van der Waals surface area contributed by atoms with Crippen molar-refractivity contribution in [3.8, 4) is 5.69 Å². The van der Waals surface area contributed by atoms with Gasteiger partial charge in [-0.3, -0.25) is 4.99 Å². The number of aromatic nitrogens is 1. The Morgan fingerprint density at radius 1 is 0.532 bits per heavy atom. The fourth-order valence-corrected chi connectivity index (χ4v) is 7.43. The standard InChI is InChI=1S/C44H33N3/c1-44(2)38-27-28-40-41(42(38)45-43(44)31-14-5-3-6-15-31)37-19-11-12-20-39(37)47(40)35-25-23-34(24-26-35)46(33-17-7-4-8-18-33)36-22-21-30-13-9-10-16-32(30)29-36/h3-29H,1-2H3. The van der Waals surface area contributed by atoms with Crippen molar-refractivity contribution in [1.82, 2.24) is 4.57 Å². The van der Waals surface area contributed by atoms with Crippen molar-refractivity contribution in [2.75, 3.05) is 4.90 Å². The fraction of sp³-hybridized carbons (Fsp3) is 0.0682. The summed E-state index contributed by atoms with van der Waals surface area (Å²) in [7, 11) is 0. The summed E-state index contributed by atoms with van der Waals surface area (Å²) in [5.41, 5.74) is 11.3. The van der Waals surface area contributed by atoms with Crippen molar-refractivity contribution < 1.29 is 0 Å². The number of aliphatic imine (C=N–C) groups is 1. The number of rotatable bonds is 5. The molecule has 0 amide bonds. The van der Waals surface area contributed by atoms with Crippen LogP contribution in [0, 0.1) is 0 Å². The van der Waals surface area contributed by atoms with E-state index in [0.29, 0.717) is 0 Å². The Balaban J connectivity index is 1.20. The first-order valence-corrected chi connectivity index (χ1v) is 16.2. The van der Waals surface area contributed by atoms with Crippen molar-refractivity contribution in [3.05, 3.63) is 175 Å². The Labute approximate surface area is 274 Å². The molecule has 0 saturated carbocycles. The van der Waals surface area contributed by atoms with Gasteiger partial charge in [-0.1, -0.05) is 117 Å². The monoisotopic (exact) mass is 603 g/mol. The summed E-state index contributed by atoms with van der Waals surface area (Å²) in [5, 5.41) is 4.89. The van der Waals surface area contributed by atoms with Crippen LogP contribution in [-0.2, 0) is 5.41 Å². The molecular weight excluding hydrogens is 571 g/mol. The van der Waals surface area contributed by atoms with Gasteiger partial charge in [-0.2, -0.15) is 0 Å². The van der Waals surface area contributed by atoms with Crippen molar-refractivity contribution in [2.45, 2.75) is 19.3 Å². The molecule has 0 N–H and O–H groups in total. The maximum atomic E-state index is 5.38. The minimum atomic E-state index is -0.195. The highest BCUT2D eigenvalue weighted by atomic mass is 15.1. The van der Waals surface area contributed by atoms with Crippen LogP contribution in [0.15, 0.2) is 169 Å².